The molecule has 2 aliphatic heterocycles. The Balaban J connectivity index is 1.00. The van der Waals surface area contributed by atoms with E-state index in [0.29, 0.717) is 36.2 Å². The zero-order valence-electron chi connectivity index (χ0n) is 28.0. The van der Waals surface area contributed by atoms with Gasteiger partial charge in [-0.1, -0.05) is 12.1 Å². The van der Waals surface area contributed by atoms with Crippen LogP contribution in [0.3, 0.4) is 0 Å². The van der Waals surface area contributed by atoms with Gasteiger partial charge in [0.1, 0.15) is 24.1 Å². The summed E-state index contributed by atoms with van der Waals surface area (Å²) in [6, 6.07) is 19.7. The molecular formula is C37H41N7O4. The molecule has 0 unspecified atom stereocenters. The third kappa shape index (κ3) is 6.77. The summed E-state index contributed by atoms with van der Waals surface area (Å²) in [6.45, 7) is 10.1. The van der Waals surface area contributed by atoms with Crippen molar-refractivity contribution in [3.8, 4) is 11.9 Å². The quantitative estimate of drug-likeness (QED) is 0.180. The van der Waals surface area contributed by atoms with E-state index in [1.54, 1.807) is 10.7 Å². The van der Waals surface area contributed by atoms with Crippen LogP contribution in [0.2, 0.25) is 0 Å². The summed E-state index contributed by atoms with van der Waals surface area (Å²) in [5.41, 5.74) is 5.15. The molecule has 2 fully saturated rings. The smallest absolute Gasteiger partial charge is 0.338 e. The number of aromatic nitrogens is 5. The minimum atomic E-state index is -0.562. The van der Waals surface area contributed by atoms with E-state index in [1.165, 1.54) is 0 Å². The number of carbonyl (C=O) groups excluding carboxylic acids is 1. The molecule has 7 rings (SSSR count). The van der Waals surface area contributed by atoms with Crippen LogP contribution in [0.25, 0.3) is 21.9 Å². The highest BCUT2D eigenvalue weighted by Crippen LogP contribution is 2.30. The normalized spacial score (nSPS) is 17.4. The number of aryl methyl sites for hydroxylation is 1. The minimum absolute atomic E-state index is 0.159. The van der Waals surface area contributed by atoms with Crippen LogP contribution in [0, 0.1) is 11.3 Å². The zero-order chi connectivity index (χ0) is 33.4. The third-order valence-corrected chi connectivity index (χ3v) is 9.17. The number of likely N-dealkylation sites (tertiary alicyclic amines) is 1. The van der Waals surface area contributed by atoms with Gasteiger partial charge in [-0.25, -0.2) is 14.8 Å². The maximum Gasteiger partial charge on any atom is 0.338 e. The van der Waals surface area contributed by atoms with Crippen molar-refractivity contribution in [3.05, 3.63) is 82.9 Å². The molecule has 2 aromatic carbocycles. The number of hydrogen-bond donors (Lipinski definition) is 0. The number of pyridine rings is 1. The second-order valence-corrected chi connectivity index (χ2v) is 13.8. The highest BCUT2D eigenvalue weighted by atomic mass is 16.6. The molecule has 0 aliphatic carbocycles. The van der Waals surface area contributed by atoms with Crippen LogP contribution in [-0.2, 0) is 36.2 Å². The summed E-state index contributed by atoms with van der Waals surface area (Å²) in [5, 5.41) is 14.5. The van der Waals surface area contributed by atoms with E-state index >= 15 is 0 Å². The second-order valence-electron chi connectivity index (χ2n) is 13.8. The van der Waals surface area contributed by atoms with Crippen LogP contribution in [-0.4, -0.2) is 66.6 Å². The summed E-state index contributed by atoms with van der Waals surface area (Å²) in [5.74, 6) is 1.61. The SMILES string of the molecule is Cn1nc(C#N)c2ccc(COc3cccc(C4CCN(Cc5nc6ccc(C(=O)OC(C)(C)C)cc6n5C[C@@H]5CCO5)CC4)n3)cc21. The van der Waals surface area contributed by atoms with Crippen LogP contribution >= 0.6 is 0 Å². The fourth-order valence-corrected chi connectivity index (χ4v) is 6.55. The van der Waals surface area contributed by atoms with E-state index in [1.807, 2.05) is 70.3 Å². The first-order valence-corrected chi connectivity index (χ1v) is 16.7. The molecule has 2 aliphatic rings. The molecule has 0 N–H and O–H groups in total. The largest absolute Gasteiger partial charge is 0.473 e. The Morgan fingerprint density at radius 1 is 1.04 bits per heavy atom. The van der Waals surface area contributed by atoms with Crippen molar-refractivity contribution in [2.45, 2.75) is 77.4 Å². The first-order chi connectivity index (χ1) is 23.1. The standard InChI is InChI=1S/C37H41N7O4/c1-37(2,3)48-36(45)26-9-11-30-33(19-26)44(21-27-14-17-46-27)34(39-30)22-43-15-12-25(13-16-43)29-6-5-7-35(40-29)47-23-24-8-10-28-31(20-38)41-42(4)32(28)18-24/h5-11,18-19,25,27H,12-17,21-23H2,1-4H3/t27-/m0/s1. The molecule has 11 heteroatoms. The highest BCUT2D eigenvalue weighted by Gasteiger charge is 2.27. The Hall–Kier alpha value is -4.79. The topological polar surface area (TPSA) is 120 Å². The van der Waals surface area contributed by atoms with Gasteiger partial charge in [0, 0.05) is 36.7 Å². The number of ether oxygens (including phenoxy) is 3. The Bertz CT molecular complexity index is 2010. The van der Waals surface area contributed by atoms with Gasteiger partial charge in [0.15, 0.2) is 5.69 Å². The molecule has 0 spiro atoms. The van der Waals surface area contributed by atoms with Crippen molar-refractivity contribution in [2.75, 3.05) is 19.7 Å². The Morgan fingerprint density at radius 3 is 2.58 bits per heavy atom. The molecule has 5 heterocycles. The first-order valence-electron chi connectivity index (χ1n) is 16.7. The number of nitriles is 1. The van der Waals surface area contributed by atoms with Crippen LogP contribution in [0.1, 0.15) is 79.1 Å². The van der Waals surface area contributed by atoms with Crippen molar-refractivity contribution >= 4 is 27.9 Å². The third-order valence-electron chi connectivity index (χ3n) is 9.17. The van der Waals surface area contributed by atoms with Crippen LogP contribution in [0.4, 0.5) is 0 Å². The Morgan fingerprint density at radius 2 is 1.85 bits per heavy atom. The number of esters is 1. The summed E-state index contributed by atoms with van der Waals surface area (Å²) in [6.07, 6.45) is 3.16. The lowest BCUT2D eigenvalue weighted by atomic mass is 9.93. The zero-order valence-corrected chi connectivity index (χ0v) is 28.0. The van der Waals surface area contributed by atoms with Gasteiger partial charge in [0.05, 0.1) is 41.3 Å². The minimum Gasteiger partial charge on any atom is -0.473 e. The predicted molar refractivity (Wildman–Crippen MR) is 181 cm³/mol. The molecule has 3 aromatic heterocycles. The maximum absolute atomic E-state index is 12.9. The summed E-state index contributed by atoms with van der Waals surface area (Å²) < 4.78 is 21.5. The van der Waals surface area contributed by atoms with E-state index in [9.17, 15) is 10.1 Å². The number of fused-ring (bicyclic) bond motifs is 2. The summed E-state index contributed by atoms with van der Waals surface area (Å²) >= 11 is 0. The lowest BCUT2D eigenvalue weighted by Gasteiger charge is -2.32. The first kappa shape index (κ1) is 31.8. The van der Waals surface area contributed by atoms with Crippen molar-refractivity contribution in [3.63, 3.8) is 0 Å². The van der Waals surface area contributed by atoms with Gasteiger partial charge in [-0.05, 0) is 95.1 Å². The number of piperidine rings is 1. The van der Waals surface area contributed by atoms with Crippen LogP contribution in [0.15, 0.2) is 54.6 Å². The molecule has 0 bridgehead atoms. The molecule has 1 atom stereocenters. The van der Waals surface area contributed by atoms with Gasteiger partial charge in [-0.3, -0.25) is 9.58 Å². The number of rotatable bonds is 9. The van der Waals surface area contributed by atoms with Gasteiger partial charge >= 0.3 is 5.97 Å². The molecule has 11 nitrogen and oxygen atoms in total. The molecule has 0 saturated carbocycles. The number of imidazole rings is 1. The summed E-state index contributed by atoms with van der Waals surface area (Å²) in [7, 11) is 1.84. The van der Waals surface area contributed by atoms with Gasteiger partial charge in [-0.2, -0.15) is 10.4 Å². The lowest BCUT2D eigenvalue weighted by Crippen LogP contribution is -2.35. The van der Waals surface area contributed by atoms with Gasteiger partial charge < -0.3 is 18.8 Å². The molecule has 0 amide bonds. The van der Waals surface area contributed by atoms with Crippen molar-refractivity contribution in [1.82, 2.24) is 29.2 Å². The number of benzene rings is 2. The van der Waals surface area contributed by atoms with E-state index in [-0.39, 0.29) is 12.1 Å². The molecular weight excluding hydrogens is 606 g/mol. The Kier molecular flexibility index (Phi) is 8.62. The van der Waals surface area contributed by atoms with E-state index in [2.05, 4.69) is 26.7 Å². The second kappa shape index (κ2) is 13.0. The average molecular weight is 648 g/mol. The average Bonchev–Trinajstić information content (AvgIpc) is 3.56. The van der Waals surface area contributed by atoms with Gasteiger partial charge in [0.2, 0.25) is 5.88 Å². The van der Waals surface area contributed by atoms with E-state index in [0.717, 1.165) is 84.5 Å². The number of hydrogen-bond acceptors (Lipinski definition) is 9. The van der Waals surface area contributed by atoms with Crippen LogP contribution < -0.4 is 4.74 Å². The maximum atomic E-state index is 12.9. The molecule has 0 radical (unpaired) electrons. The summed E-state index contributed by atoms with van der Waals surface area (Å²) in [4.78, 5) is 25.2. The predicted octanol–water partition coefficient (Wildman–Crippen LogP) is 5.89. The fraction of sp³-hybridized carbons (Fsp3) is 0.432. The molecule has 48 heavy (non-hydrogen) atoms. The molecule has 248 valence electrons. The van der Waals surface area contributed by atoms with Crippen molar-refractivity contribution in [2.24, 2.45) is 7.05 Å². The molecule has 2 saturated heterocycles. The number of carbonyl (C=O) groups is 1. The van der Waals surface area contributed by atoms with Crippen molar-refractivity contribution in [1.29, 1.82) is 5.26 Å². The van der Waals surface area contributed by atoms with Crippen LogP contribution in [0.5, 0.6) is 5.88 Å². The fourth-order valence-electron chi connectivity index (χ4n) is 6.55. The van der Waals surface area contributed by atoms with Gasteiger partial charge in [0.25, 0.3) is 0 Å². The number of nitrogens with zero attached hydrogens (tertiary/aromatic N) is 7. The Labute approximate surface area is 280 Å². The molecule has 5 aromatic rings. The van der Waals surface area contributed by atoms with Crippen molar-refractivity contribution < 1.29 is 19.0 Å². The monoisotopic (exact) mass is 647 g/mol. The lowest BCUT2D eigenvalue weighted by molar-refractivity contribution is -0.0592. The van der Waals surface area contributed by atoms with Gasteiger partial charge in [-0.15, -0.1) is 0 Å². The highest BCUT2D eigenvalue weighted by molar-refractivity contribution is 5.94. The van der Waals surface area contributed by atoms with E-state index in [4.69, 9.17) is 24.2 Å². The van der Waals surface area contributed by atoms with E-state index < -0.39 is 5.60 Å².